The van der Waals surface area contributed by atoms with Gasteiger partial charge in [0.05, 0.1) is 12.2 Å². The molecule has 0 spiro atoms. The molecule has 0 bridgehead atoms. The van der Waals surface area contributed by atoms with Crippen molar-refractivity contribution in [1.82, 2.24) is 9.78 Å². The van der Waals surface area contributed by atoms with Crippen molar-refractivity contribution in [3.63, 3.8) is 0 Å². The molecule has 4 heteroatoms. The number of nitrogens with two attached hydrogens (primary N) is 1. The van der Waals surface area contributed by atoms with Crippen LogP contribution in [-0.4, -0.2) is 9.78 Å². The number of nitrogens with zero attached hydrogens (tertiary/aromatic N) is 2. The van der Waals surface area contributed by atoms with Crippen LogP contribution < -0.4 is 5.73 Å². The maximum atomic E-state index is 13.3. The summed E-state index contributed by atoms with van der Waals surface area (Å²) in [5, 5.41) is 4.40. The Morgan fingerprint density at radius 1 is 1.35 bits per heavy atom. The molecule has 0 aliphatic heterocycles. The Labute approximate surface area is 118 Å². The minimum absolute atomic E-state index is 0.137. The van der Waals surface area contributed by atoms with Gasteiger partial charge in [0.2, 0.25) is 0 Å². The highest BCUT2D eigenvalue weighted by atomic mass is 19.1. The number of nitrogen functional groups attached to an aromatic ring is 1. The zero-order chi connectivity index (χ0) is 14.7. The van der Waals surface area contributed by atoms with Crippen LogP contribution in [0.15, 0.2) is 36.2 Å². The minimum atomic E-state index is -0.283. The van der Waals surface area contributed by atoms with Crippen LogP contribution in [0.25, 0.3) is 0 Å². The van der Waals surface area contributed by atoms with E-state index in [1.54, 1.807) is 4.68 Å². The summed E-state index contributed by atoms with van der Waals surface area (Å²) in [5.41, 5.74) is 10.6. The molecule has 0 saturated heterocycles. The third-order valence-electron chi connectivity index (χ3n) is 3.41. The zero-order valence-electron chi connectivity index (χ0n) is 11.9. The van der Waals surface area contributed by atoms with Gasteiger partial charge in [-0.05, 0) is 38.5 Å². The van der Waals surface area contributed by atoms with Crippen molar-refractivity contribution in [1.29, 1.82) is 0 Å². The van der Waals surface area contributed by atoms with Gasteiger partial charge in [-0.2, -0.15) is 5.10 Å². The van der Waals surface area contributed by atoms with E-state index in [0.717, 1.165) is 34.6 Å². The first-order valence-electron chi connectivity index (χ1n) is 6.52. The van der Waals surface area contributed by atoms with E-state index < -0.39 is 0 Å². The van der Waals surface area contributed by atoms with Crippen molar-refractivity contribution in [3.8, 4) is 0 Å². The smallest absolute Gasteiger partial charge is 0.117 e. The summed E-state index contributed by atoms with van der Waals surface area (Å²) in [6.45, 7) is 7.47. The molecular weight excluding hydrogens is 253 g/mol. The van der Waals surface area contributed by atoms with Gasteiger partial charge >= 0.3 is 0 Å². The van der Waals surface area contributed by atoms with Gasteiger partial charge in [-0.1, -0.05) is 18.2 Å². The van der Waals surface area contributed by atoms with Crippen LogP contribution in [0.3, 0.4) is 0 Å². The van der Waals surface area contributed by atoms with Gasteiger partial charge in [-0.25, -0.2) is 4.39 Å². The van der Waals surface area contributed by atoms with Crippen molar-refractivity contribution < 1.29 is 4.39 Å². The second-order valence-electron chi connectivity index (χ2n) is 4.88. The fraction of sp³-hybridized carbons (Fsp3) is 0.250. The summed E-state index contributed by atoms with van der Waals surface area (Å²) in [6, 6.07) is 7.77. The number of allylic oxidation sites excluding steroid dienone is 2. The first kappa shape index (κ1) is 14.3. The van der Waals surface area contributed by atoms with Gasteiger partial charge in [0.15, 0.2) is 0 Å². The van der Waals surface area contributed by atoms with Crippen LogP contribution >= 0.6 is 0 Å². The lowest BCUT2D eigenvalue weighted by Gasteiger charge is -2.05. The number of anilines is 1. The number of rotatable bonds is 4. The molecule has 1 aromatic heterocycles. The Morgan fingerprint density at radius 3 is 2.60 bits per heavy atom. The number of benzene rings is 1. The number of aryl methyl sites for hydroxylation is 1. The highest BCUT2D eigenvalue weighted by molar-refractivity contribution is 5.41. The molecule has 2 rings (SSSR count). The molecule has 0 atom stereocenters. The lowest BCUT2D eigenvalue weighted by molar-refractivity contribution is 0.519. The Bertz CT molecular complexity index is 624. The Balaban J connectivity index is 2.26. The molecule has 1 aromatic carbocycles. The number of hydrogen-bond acceptors (Lipinski definition) is 2. The van der Waals surface area contributed by atoms with E-state index in [2.05, 4.69) is 12.0 Å². The first-order chi connectivity index (χ1) is 9.51. The van der Waals surface area contributed by atoms with Gasteiger partial charge in [-0.3, -0.25) is 4.68 Å². The van der Waals surface area contributed by atoms with E-state index in [0.29, 0.717) is 0 Å². The Morgan fingerprint density at radius 2 is 2.00 bits per heavy atom. The predicted molar refractivity (Wildman–Crippen MR) is 79.9 cm³/mol. The second kappa shape index (κ2) is 5.90. The molecule has 0 aliphatic rings. The summed E-state index contributed by atoms with van der Waals surface area (Å²) in [5.74, 6) is -0.283. The van der Waals surface area contributed by atoms with E-state index in [1.165, 1.54) is 6.08 Å². The normalized spacial score (nSPS) is 11.9. The van der Waals surface area contributed by atoms with E-state index >= 15 is 0 Å². The first-order valence-corrected chi connectivity index (χ1v) is 6.52. The monoisotopic (exact) mass is 272 g/mol. The molecule has 0 aliphatic carbocycles. The van der Waals surface area contributed by atoms with Crippen molar-refractivity contribution in [2.45, 2.75) is 26.8 Å². The van der Waals surface area contributed by atoms with Crippen molar-refractivity contribution in [3.05, 3.63) is 65.6 Å². The van der Waals surface area contributed by atoms with Crippen LogP contribution in [-0.2, 0) is 13.0 Å². The van der Waals surface area contributed by atoms with Crippen molar-refractivity contribution >= 4 is 5.69 Å². The Kier molecular flexibility index (Phi) is 4.23. The molecule has 105 valence electrons. The van der Waals surface area contributed by atoms with Gasteiger partial charge in [-0.15, -0.1) is 0 Å². The van der Waals surface area contributed by atoms with Crippen LogP contribution in [0.2, 0.25) is 0 Å². The van der Waals surface area contributed by atoms with Crippen LogP contribution in [0.5, 0.6) is 0 Å². The highest BCUT2D eigenvalue weighted by Crippen LogP contribution is 2.19. The zero-order valence-corrected chi connectivity index (χ0v) is 11.9. The third-order valence-corrected chi connectivity index (χ3v) is 3.41. The summed E-state index contributed by atoms with van der Waals surface area (Å²) < 4.78 is 15.0. The van der Waals surface area contributed by atoms with Crippen molar-refractivity contribution in [2.24, 2.45) is 0 Å². The van der Waals surface area contributed by atoms with E-state index in [1.807, 2.05) is 38.1 Å². The van der Waals surface area contributed by atoms with Crippen LogP contribution in [0, 0.1) is 20.8 Å². The average molecular weight is 272 g/mol. The van der Waals surface area contributed by atoms with Crippen molar-refractivity contribution in [2.75, 3.05) is 5.73 Å². The van der Waals surface area contributed by atoms with E-state index in [-0.39, 0.29) is 12.4 Å². The standard InChI is InChI=1S/C16H19FN3/c1-4-14(17)10-20-12(3)16(11(2)19-20)9-13-5-7-15(18)8-6-13/h4-8H,1,9-10,18H2,2-3H3/b14-4-. The molecule has 2 N–H and O–H groups in total. The molecule has 3 nitrogen and oxygen atoms in total. The molecule has 2 aromatic rings. The fourth-order valence-electron chi connectivity index (χ4n) is 2.19. The van der Waals surface area contributed by atoms with Gasteiger partial charge in [0.1, 0.15) is 5.83 Å². The van der Waals surface area contributed by atoms with Crippen LogP contribution in [0.4, 0.5) is 10.1 Å². The lowest BCUT2D eigenvalue weighted by Crippen LogP contribution is -2.03. The Hall–Kier alpha value is -2.10. The summed E-state index contributed by atoms with van der Waals surface area (Å²) in [6.07, 6.45) is 1.99. The molecule has 0 unspecified atom stereocenters. The number of aromatic nitrogens is 2. The lowest BCUT2D eigenvalue weighted by atomic mass is 10.0. The molecular formula is C16H19FN3. The highest BCUT2D eigenvalue weighted by Gasteiger charge is 2.12. The molecule has 20 heavy (non-hydrogen) atoms. The third kappa shape index (κ3) is 3.07. The maximum Gasteiger partial charge on any atom is 0.117 e. The SMILES string of the molecule is [CH2]/C=C(\F)Cn1nc(C)c(Cc2ccc(N)cc2)c1C. The van der Waals surface area contributed by atoms with E-state index in [9.17, 15) is 4.39 Å². The summed E-state index contributed by atoms with van der Waals surface area (Å²) >= 11 is 0. The predicted octanol–water partition coefficient (Wildman–Crippen LogP) is 3.36. The number of halogens is 1. The molecule has 0 amide bonds. The van der Waals surface area contributed by atoms with Crippen LogP contribution in [0.1, 0.15) is 22.5 Å². The maximum absolute atomic E-state index is 13.3. The molecule has 1 heterocycles. The summed E-state index contributed by atoms with van der Waals surface area (Å²) in [7, 11) is 0. The minimum Gasteiger partial charge on any atom is -0.399 e. The van der Waals surface area contributed by atoms with Gasteiger partial charge < -0.3 is 5.73 Å². The topological polar surface area (TPSA) is 43.8 Å². The quantitative estimate of drug-likeness (QED) is 0.867. The van der Waals surface area contributed by atoms with Gasteiger partial charge in [0.25, 0.3) is 0 Å². The number of hydrogen-bond donors (Lipinski definition) is 1. The molecule has 1 radical (unpaired) electrons. The second-order valence-corrected chi connectivity index (χ2v) is 4.88. The van der Waals surface area contributed by atoms with Gasteiger partial charge in [0, 0.05) is 23.4 Å². The largest absolute Gasteiger partial charge is 0.399 e. The molecule has 0 saturated carbocycles. The van der Waals surface area contributed by atoms with E-state index in [4.69, 9.17) is 5.73 Å². The summed E-state index contributed by atoms with van der Waals surface area (Å²) in [4.78, 5) is 0. The average Bonchev–Trinajstić information content (AvgIpc) is 2.68. The fourth-order valence-corrected chi connectivity index (χ4v) is 2.19. The molecule has 0 fully saturated rings.